The number of hydrogen-bond acceptors (Lipinski definition) is 3. The maximum absolute atomic E-state index is 13.5. The van der Waals surface area contributed by atoms with Crippen molar-refractivity contribution in [2.75, 3.05) is 6.61 Å². The topological polar surface area (TPSA) is 38.3 Å². The number of carbonyl (C=O) groups excluding carboxylic acids is 1. The predicted molar refractivity (Wildman–Crippen MR) is 68.7 cm³/mol. The monoisotopic (exact) mass is 253 g/mol. The summed E-state index contributed by atoms with van der Waals surface area (Å²) >= 11 is 0. The molecule has 0 heterocycles. The van der Waals surface area contributed by atoms with Crippen LogP contribution in [0.4, 0.5) is 4.39 Å². The third-order valence-electron chi connectivity index (χ3n) is 2.68. The molecule has 100 valence electrons. The molecule has 0 spiro atoms. The second-order valence-electron chi connectivity index (χ2n) is 4.32. The Morgan fingerprint density at radius 3 is 2.67 bits per heavy atom. The van der Waals surface area contributed by atoms with Gasteiger partial charge in [0.1, 0.15) is 5.82 Å². The van der Waals surface area contributed by atoms with Gasteiger partial charge in [0.25, 0.3) is 0 Å². The molecule has 1 aromatic rings. The molecule has 2 atom stereocenters. The first-order chi connectivity index (χ1) is 8.54. The normalized spacial score (nSPS) is 14.0. The molecule has 0 saturated carbocycles. The van der Waals surface area contributed by atoms with Gasteiger partial charge in [-0.2, -0.15) is 0 Å². The molecule has 0 aliphatic carbocycles. The van der Waals surface area contributed by atoms with Crippen molar-refractivity contribution < 1.29 is 13.9 Å². The fraction of sp³-hybridized carbons (Fsp3) is 0.500. The minimum absolute atomic E-state index is 0.0568. The van der Waals surface area contributed by atoms with E-state index in [2.05, 4.69) is 5.32 Å². The quantitative estimate of drug-likeness (QED) is 0.792. The van der Waals surface area contributed by atoms with E-state index in [1.54, 1.807) is 25.1 Å². The molecular formula is C14H20FNO2. The highest BCUT2D eigenvalue weighted by atomic mass is 19.1. The third-order valence-corrected chi connectivity index (χ3v) is 2.68. The lowest BCUT2D eigenvalue weighted by Crippen LogP contribution is -2.31. The van der Waals surface area contributed by atoms with Crippen LogP contribution in [0.15, 0.2) is 24.3 Å². The lowest BCUT2D eigenvalue weighted by Gasteiger charge is -2.20. The zero-order valence-electron chi connectivity index (χ0n) is 11.1. The molecule has 0 saturated heterocycles. The molecular weight excluding hydrogens is 233 g/mol. The zero-order chi connectivity index (χ0) is 13.5. The van der Waals surface area contributed by atoms with E-state index >= 15 is 0 Å². The molecule has 0 aromatic heterocycles. The Bertz CT molecular complexity index is 395. The van der Waals surface area contributed by atoms with Gasteiger partial charge in [0, 0.05) is 17.6 Å². The van der Waals surface area contributed by atoms with E-state index in [1.807, 2.05) is 13.8 Å². The highest BCUT2D eigenvalue weighted by Gasteiger charge is 2.15. The Morgan fingerprint density at radius 2 is 2.06 bits per heavy atom. The van der Waals surface area contributed by atoms with Crippen molar-refractivity contribution in [1.29, 1.82) is 0 Å². The van der Waals surface area contributed by atoms with Crippen molar-refractivity contribution in [3.63, 3.8) is 0 Å². The van der Waals surface area contributed by atoms with Crippen LogP contribution in [0.5, 0.6) is 0 Å². The summed E-state index contributed by atoms with van der Waals surface area (Å²) in [7, 11) is 0. The average Bonchev–Trinajstić information content (AvgIpc) is 2.29. The zero-order valence-corrected chi connectivity index (χ0v) is 11.1. The molecule has 0 bridgehead atoms. The number of rotatable bonds is 6. The Kier molecular flexibility index (Phi) is 5.78. The molecule has 18 heavy (non-hydrogen) atoms. The fourth-order valence-electron chi connectivity index (χ4n) is 1.87. The van der Waals surface area contributed by atoms with E-state index in [0.29, 0.717) is 12.2 Å². The van der Waals surface area contributed by atoms with E-state index in [1.165, 1.54) is 6.07 Å². The SMILES string of the molecule is CCOC(=O)CC(C)NC(C)c1ccccc1F. The largest absolute Gasteiger partial charge is 0.466 e. The van der Waals surface area contributed by atoms with Gasteiger partial charge in [-0.15, -0.1) is 0 Å². The first kappa shape index (κ1) is 14.6. The second-order valence-corrected chi connectivity index (χ2v) is 4.32. The maximum atomic E-state index is 13.5. The van der Waals surface area contributed by atoms with Gasteiger partial charge in [0.2, 0.25) is 0 Å². The van der Waals surface area contributed by atoms with E-state index in [0.717, 1.165) is 0 Å². The lowest BCUT2D eigenvalue weighted by atomic mass is 10.1. The van der Waals surface area contributed by atoms with E-state index in [-0.39, 0.29) is 30.3 Å². The van der Waals surface area contributed by atoms with Gasteiger partial charge in [0.15, 0.2) is 0 Å². The van der Waals surface area contributed by atoms with Crippen LogP contribution in [0.3, 0.4) is 0 Å². The van der Waals surface area contributed by atoms with Crippen molar-refractivity contribution in [3.05, 3.63) is 35.6 Å². The van der Waals surface area contributed by atoms with Crippen LogP contribution in [0.25, 0.3) is 0 Å². The van der Waals surface area contributed by atoms with Gasteiger partial charge in [-0.3, -0.25) is 4.79 Å². The van der Waals surface area contributed by atoms with Crippen LogP contribution >= 0.6 is 0 Å². The Balaban J connectivity index is 2.52. The van der Waals surface area contributed by atoms with Gasteiger partial charge < -0.3 is 10.1 Å². The van der Waals surface area contributed by atoms with Crippen molar-refractivity contribution in [1.82, 2.24) is 5.32 Å². The minimum Gasteiger partial charge on any atom is -0.466 e. The summed E-state index contributed by atoms with van der Waals surface area (Å²) in [5.74, 6) is -0.473. The van der Waals surface area contributed by atoms with Crippen molar-refractivity contribution >= 4 is 5.97 Å². The predicted octanol–water partition coefficient (Wildman–Crippen LogP) is 2.82. The first-order valence-electron chi connectivity index (χ1n) is 6.20. The van der Waals surface area contributed by atoms with Gasteiger partial charge >= 0.3 is 5.97 Å². The highest BCUT2D eigenvalue weighted by molar-refractivity contribution is 5.70. The Labute approximate surface area is 107 Å². The van der Waals surface area contributed by atoms with Crippen molar-refractivity contribution in [2.24, 2.45) is 0 Å². The number of hydrogen-bond donors (Lipinski definition) is 1. The summed E-state index contributed by atoms with van der Waals surface area (Å²) in [6, 6.07) is 6.43. The Morgan fingerprint density at radius 1 is 1.39 bits per heavy atom. The summed E-state index contributed by atoms with van der Waals surface area (Å²) in [6.45, 7) is 5.92. The molecule has 0 fully saturated rings. The lowest BCUT2D eigenvalue weighted by molar-refractivity contribution is -0.143. The molecule has 3 nitrogen and oxygen atoms in total. The first-order valence-corrected chi connectivity index (χ1v) is 6.20. The standard InChI is InChI=1S/C14H20FNO2/c1-4-18-14(17)9-10(2)16-11(3)12-7-5-6-8-13(12)15/h5-8,10-11,16H,4,9H2,1-3H3. The summed E-state index contributed by atoms with van der Waals surface area (Å²) in [5, 5.41) is 3.19. The van der Waals surface area contributed by atoms with Crippen molar-refractivity contribution in [3.8, 4) is 0 Å². The molecule has 0 radical (unpaired) electrons. The fourth-order valence-corrected chi connectivity index (χ4v) is 1.87. The summed E-state index contributed by atoms with van der Waals surface area (Å²) in [4.78, 5) is 11.3. The van der Waals surface area contributed by atoms with E-state index < -0.39 is 0 Å². The molecule has 0 amide bonds. The smallest absolute Gasteiger partial charge is 0.307 e. The molecule has 4 heteroatoms. The number of nitrogens with one attached hydrogen (secondary N) is 1. The number of benzene rings is 1. The van der Waals surface area contributed by atoms with Gasteiger partial charge in [0.05, 0.1) is 13.0 Å². The molecule has 2 unspecified atom stereocenters. The summed E-state index contributed by atoms with van der Waals surface area (Å²) < 4.78 is 18.4. The second kappa shape index (κ2) is 7.11. The molecule has 1 aromatic carbocycles. The minimum atomic E-state index is -0.238. The van der Waals surface area contributed by atoms with Crippen LogP contribution in [0, 0.1) is 5.82 Å². The third kappa shape index (κ3) is 4.45. The molecule has 1 N–H and O–H groups in total. The molecule has 0 aliphatic heterocycles. The van der Waals surface area contributed by atoms with Crippen LogP contribution in [-0.2, 0) is 9.53 Å². The highest BCUT2D eigenvalue weighted by Crippen LogP contribution is 2.17. The summed E-state index contributed by atoms with van der Waals surface area (Å²) in [5.41, 5.74) is 0.605. The van der Waals surface area contributed by atoms with Crippen LogP contribution < -0.4 is 5.32 Å². The number of halogens is 1. The van der Waals surface area contributed by atoms with Crippen LogP contribution in [-0.4, -0.2) is 18.6 Å². The van der Waals surface area contributed by atoms with Gasteiger partial charge in [-0.25, -0.2) is 4.39 Å². The number of ether oxygens (including phenoxy) is 1. The average molecular weight is 253 g/mol. The summed E-state index contributed by atoms with van der Waals surface area (Å²) in [6.07, 6.45) is 0.284. The molecule has 1 rings (SSSR count). The van der Waals surface area contributed by atoms with Crippen molar-refractivity contribution in [2.45, 2.75) is 39.3 Å². The van der Waals surface area contributed by atoms with Gasteiger partial charge in [-0.1, -0.05) is 18.2 Å². The maximum Gasteiger partial charge on any atom is 0.307 e. The number of carbonyl (C=O) groups is 1. The molecule has 0 aliphatic rings. The van der Waals surface area contributed by atoms with Crippen LogP contribution in [0.1, 0.15) is 38.8 Å². The van der Waals surface area contributed by atoms with Gasteiger partial charge in [-0.05, 0) is 26.8 Å². The van der Waals surface area contributed by atoms with E-state index in [4.69, 9.17) is 4.74 Å². The van der Waals surface area contributed by atoms with E-state index in [9.17, 15) is 9.18 Å². The number of esters is 1. The van der Waals surface area contributed by atoms with Crippen LogP contribution in [0.2, 0.25) is 0 Å². The Hall–Kier alpha value is -1.42.